The van der Waals surface area contributed by atoms with Crippen LogP contribution in [0.2, 0.25) is 0 Å². The summed E-state index contributed by atoms with van der Waals surface area (Å²) < 4.78 is 5.59. The predicted octanol–water partition coefficient (Wildman–Crippen LogP) is 3.66. The molecule has 2 N–H and O–H groups in total. The van der Waals surface area contributed by atoms with E-state index < -0.39 is 0 Å². The number of hydrogen-bond donors (Lipinski definition) is 2. The Morgan fingerprint density at radius 1 is 1.00 bits per heavy atom. The fraction of sp³-hybridized carbons (Fsp3) is 0.227. The second-order valence-corrected chi connectivity index (χ2v) is 7.24. The number of aromatic nitrogens is 1. The molecule has 3 aromatic rings. The molecule has 2 amide bonds. The molecule has 2 aromatic carbocycles. The minimum Gasteiger partial charge on any atom is -0.377 e. The summed E-state index contributed by atoms with van der Waals surface area (Å²) in [6.45, 7) is 1.71. The first-order chi connectivity index (χ1) is 14.2. The highest BCUT2D eigenvalue weighted by molar-refractivity contribution is 7.14. The van der Waals surface area contributed by atoms with E-state index in [0.717, 1.165) is 12.0 Å². The van der Waals surface area contributed by atoms with Crippen LogP contribution in [0, 0.1) is 0 Å². The van der Waals surface area contributed by atoms with E-state index >= 15 is 0 Å². The van der Waals surface area contributed by atoms with Crippen LogP contribution in [0.25, 0.3) is 0 Å². The molecule has 3 rings (SSSR count). The first-order valence-electron chi connectivity index (χ1n) is 9.40. The van der Waals surface area contributed by atoms with Crippen molar-refractivity contribution in [2.24, 2.45) is 0 Å². The Morgan fingerprint density at radius 3 is 2.48 bits per heavy atom. The molecule has 0 radical (unpaired) electrons. The molecule has 0 bridgehead atoms. The summed E-state index contributed by atoms with van der Waals surface area (Å²) in [7, 11) is 0. The van der Waals surface area contributed by atoms with Gasteiger partial charge in [0.15, 0.2) is 5.13 Å². The highest BCUT2D eigenvalue weighted by Gasteiger charge is 2.10. The number of hydrogen-bond acceptors (Lipinski definition) is 5. The lowest BCUT2D eigenvalue weighted by Gasteiger charge is -2.06. The van der Waals surface area contributed by atoms with Gasteiger partial charge in [0.25, 0.3) is 5.91 Å². The summed E-state index contributed by atoms with van der Waals surface area (Å²) in [4.78, 5) is 28.5. The normalized spacial score (nSPS) is 10.5. The van der Waals surface area contributed by atoms with Crippen LogP contribution in [0.4, 0.5) is 5.13 Å². The summed E-state index contributed by atoms with van der Waals surface area (Å²) >= 11 is 1.30. The molecule has 1 heterocycles. The van der Waals surface area contributed by atoms with E-state index in [-0.39, 0.29) is 18.2 Å². The molecule has 0 aliphatic rings. The first-order valence-corrected chi connectivity index (χ1v) is 10.3. The van der Waals surface area contributed by atoms with Crippen molar-refractivity contribution >= 4 is 28.3 Å². The van der Waals surface area contributed by atoms with Crippen molar-refractivity contribution in [2.75, 3.05) is 18.5 Å². The van der Waals surface area contributed by atoms with Gasteiger partial charge in [-0.1, -0.05) is 48.5 Å². The van der Waals surface area contributed by atoms with Gasteiger partial charge in [-0.25, -0.2) is 4.98 Å². The third-order valence-corrected chi connectivity index (χ3v) is 4.86. The number of benzene rings is 2. The summed E-state index contributed by atoms with van der Waals surface area (Å²) in [5.41, 5.74) is 2.34. The van der Waals surface area contributed by atoms with E-state index in [1.54, 1.807) is 29.6 Å². The van der Waals surface area contributed by atoms with Crippen molar-refractivity contribution in [2.45, 2.75) is 19.4 Å². The van der Waals surface area contributed by atoms with Gasteiger partial charge in [0.05, 0.1) is 18.7 Å². The highest BCUT2D eigenvalue weighted by atomic mass is 32.1. The number of carbonyl (C=O) groups is 2. The summed E-state index contributed by atoms with van der Waals surface area (Å²) in [6, 6.07) is 18.9. The average molecular weight is 410 g/mol. The molecule has 0 spiro atoms. The van der Waals surface area contributed by atoms with Gasteiger partial charge in [-0.05, 0) is 24.1 Å². The molecule has 0 saturated carbocycles. The standard InChI is InChI=1S/C22H23N3O3S/c26-20(23-12-7-13-28-15-17-8-3-1-4-9-17)14-19-16-29-22(24-19)25-21(27)18-10-5-2-6-11-18/h1-6,8-11,16H,7,12-15H2,(H,23,26)(H,24,25,27). The zero-order chi connectivity index (χ0) is 20.3. The van der Waals surface area contributed by atoms with Gasteiger partial charge < -0.3 is 10.1 Å². The molecule has 0 atom stereocenters. The molecule has 1 aromatic heterocycles. The van der Waals surface area contributed by atoms with Crippen LogP contribution < -0.4 is 10.6 Å². The van der Waals surface area contributed by atoms with Crippen LogP contribution in [-0.4, -0.2) is 29.9 Å². The number of ether oxygens (including phenoxy) is 1. The van der Waals surface area contributed by atoms with Gasteiger partial charge in [-0.3, -0.25) is 14.9 Å². The molecule has 0 aliphatic heterocycles. The molecule has 150 valence electrons. The average Bonchev–Trinajstić information content (AvgIpc) is 3.18. The maximum absolute atomic E-state index is 12.1. The maximum atomic E-state index is 12.1. The van der Waals surface area contributed by atoms with Crippen molar-refractivity contribution in [1.29, 1.82) is 0 Å². The Balaban J connectivity index is 1.32. The van der Waals surface area contributed by atoms with Crippen molar-refractivity contribution < 1.29 is 14.3 Å². The topological polar surface area (TPSA) is 80.3 Å². The van der Waals surface area contributed by atoms with Crippen molar-refractivity contribution in [3.05, 3.63) is 82.9 Å². The second-order valence-electron chi connectivity index (χ2n) is 6.38. The van der Waals surface area contributed by atoms with Crippen LogP contribution >= 0.6 is 11.3 Å². The SMILES string of the molecule is O=C(Cc1csc(NC(=O)c2ccccc2)n1)NCCCOCc1ccccc1. The van der Waals surface area contributed by atoms with E-state index in [1.807, 2.05) is 36.4 Å². The Morgan fingerprint density at radius 2 is 1.72 bits per heavy atom. The molecule has 0 saturated heterocycles. The third kappa shape index (κ3) is 7.14. The Bertz CT molecular complexity index is 913. The van der Waals surface area contributed by atoms with Crippen molar-refractivity contribution in [3.63, 3.8) is 0 Å². The molecule has 0 unspecified atom stereocenters. The first kappa shape index (κ1) is 20.7. The quantitative estimate of drug-likeness (QED) is 0.501. The van der Waals surface area contributed by atoms with Crippen LogP contribution in [0.1, 0.15) is 28.0 Å². The van der Waals surface area contributed by atoms with E-state index in [9.17, 15) is 9.59 Å². The lowest BCUT2D eigenvalue weighted by atomic mass is 10.2. The van der Waals surface area contributed by atoms with Crippen molar-refractivity contribution in [3.8, 4) is 0 Å². The Labute approximate surface area is 173 Å². The number of thiazole rings is 1. The monoisotopic (exact) mass is 409 g/mol. The van der Waals surface area contributed by atoms with Crippen LogP contribution in [0.15, 0.2) is 66.0 Å². The number of nitrogens with zero attached hydrogens (tertiary/aromatic N) is 1. The van der Waals surface area contributed by atoms with Gasteiger partial charge in [-0.15, -0.1) is 11.3 Å². The number of amides is 2. The molecule has 0 aliphatic carbocycles. The minimum absolute atomic E-state index is 0.0979. The van der Waals surface area contributed by atoms with Crippen LogP contribution in [0.3, 0.4) is 0 Å². The van der Waals surface area contributed by atoms with Crippen molar-refractivity contribution in [1.82, 2.24) is 10.3 Å². The lowest BCUT2D eigenvalue weighted by molar-refractivity contribution is -0.120. The largest absolute Gasteiger partial charge is 0.377 e. The molecular formula is C22H23N3O3S. The fourth-order valence-corrected chi connectivity index (χ4v) is 3.30. The summed E-state index contributed by atoms with van der Waals surface area (Å²) in [5.74, 6) is -0.314. The Kier molecular flexibility index (Phi) is 7.91. The van der Waals surface area contributed by atoms with Gasteiger partial charge >= 0.3 is 0 Å². The fourth-order valence-electron chi connectivity index (χ4n) is 2.60. The third-order valence-electron chi connectivity index (χ3n) is 4.05. The number of carbonyl (C=O) groups excluding carboxylic acids is 2. The minimum atomic E-state index is -0.216. The van der Waals surface area contributed by atoms with E-state index in [2.05, 4.69) is 15.6 Å². The van der Waals surface area contributed by atoms with Gasteiger partial charge in [0, 0.05) is 24.1 Å². The second kappa shape index (κ2) is 11.1. The van der Waals surface area contributed by atoms with E-state index in [4.69, 9.17) is 4.74 Å². The molecular weight excluding hydrogens is 386 g/mol. The van der Waals surface area contributed by atoms with Gasteiger partial charge in [0.2, 0.25) is 5.91 Å². The molecule has 7 heteroatoms. The van der Waals surface area contributed by atoms with Gasteiger partial charge in [0.1, 0.15) is 0 Å². The number of anilines is 1. The van der Waals surface area contributed by atoms with E-state index in [0.29, 0.717) is 36.1 Å². The summed E-state index contributed by atoms with van der Waals surface area (Å²) in [6.07, 6.45) is 0.927. The zero-order valence-electron chi connectivity index (χ0n) is 16.0. The van der Waals surface area contributed by atoms with Gasteiger partial charge in [-0.2, -0.15) is 0 Å². The highest BCUT2D eigenvalue weighted by Crippen LogP contribution is 2.17. The molecule has 29 heavy (non-hydrogen) atoms. The lowest BCUT2D eigenvalue weighted by Crippen LogP contribution is -2.27. The summed E-state index contributed by atoms with van der Waals surface area (Å²) in [5, 5.41) is 7.88. The zero-order valence-corrected chi connectivity index (χ0v) is 16.8. The Hall–Kier alpha value is -3.03. The molecule has 6 nitrogen and oxygen atoms in total. The van der Waals surface area contributed by atoms with E-state index in [1.165, 1.54) is 11.3 Å². The van der Waals surface area contributed by atoms with Crippen LogP contribution in [0.5, 0.6) is 0 Å². The predicted molar refractivity (Wildman–Crippen MR) is 114 cm³/mol. The smallest absolute Gasteiger partial charge is 0.257 e. The number of rotatable bonds is 10. The molecule has 0 fully saturated rings. The van der Waals surface area contributed by atoms with Crippen LogP contribution in [-0.2, 0) is 22.6 Å². The maximum Gasteiger partial charge on any atom is 0.257 e. The number of nitrogens with one attached hydrogen (secondary N) is 2.